The van der Waals surface area contributed by atoms with Crippen LogP contribution in [0.5, 0.6) is 0 Å². The molecule has 0 atom stereocenters. The quantitative estimate of drug-likeness (QED) is 0.768. The molecule has 4 rings (SSSR count). The van der Waals surface area contributed by atoms with Crippen molar-refractivity contribution in [3.63, 3.8) is 0 Å². The Bertz CT molecular complexity index is 992. The molecule has 0 unspecified atom stereocenters. The molecule has 1 saturated heterocycles. The van der Waals surface area contributed by atoms with Crippen LogP contribution in [0.4, 0.5) is 0 Å². The molecular formula is C23H26N4O2S. The Balaban J connectivity index is 1.56. The molecule has 2 amide bonds. The zero-order chi connectivity index (χ0) is 21.0. The number of rotatable bonds is 3. The number of thiazole rings is 1. The molecule has 2 aromatic heterocycles. The largest absolute Gasteiger partial charge is 0.339 e. The van der Waals surface area contributed by atoms with Crippen molar-refractivity contribution in [2.24, 2.45) is 0 Å². The van der Waals surface area contributed by atoms with Crippen LogP contribution in [0.2, 0.25) is 0 Å². The van der Waals surface area contributed by atoms with Crippen molar-refractivity contribution >= 4 is 23.2 Å². The van der Waals surface area contributed by atoms with Gasteiger partial charge in [0.05, 0.1) is 16.8 Å². The minimum Gasteiger partial charge on any atom is -0.339 e. The van der Waals surface area contributed by atoms with Gasteiger partial charge in [0.15, 0.2) is 0 Å². The Morgan fingerprint density at radius 1 is 1.13 bits per heavy atom. The lowest BCUT2D eigenvalue weighted by Crippen LogP contribution is -2.48. The second-order valence-corrected chi connectivity index (χ2v) is 8.93. The molecule has 2 fully saturated rings. The highest BCUT2D eigenvalue weighted by atomic mass is 32.1. The molecule has 2 aliphatic rings. The number of nitrogens with zero attached hydrogens (tertiary/aromatic N) is 3. The van der Waals surface area contributed by atoms with E-state index in [1.54, 1.807) is 17.9 Å². The number of nitrogens with one attached hydrogen (secondary N) is 1. The van der Waals surface area contributed by atoms with Gasteiger partial charge in [-0.05, 0) is 38.7 Å². The van der Waals surface area contributed by atoms with E-state index in [1.807, 2.05) is 17.9 Å². The molecule has 1 N–H and O–H groups in total. The van der Waals surface area contributed by atoms with Crippen molar-refractivity contribution in [3.8, 4) is 11.8 Å². The number of likely N-dealkylation sites (tertiary alicyclic amines) is 1. The first-order chi connectivity index (χ1) is 14.6. The molecule has 3 heterocycles. The van der Waals surface area contributed by atoms with Gasteiger partial charge in [-0.1, -0.05) is 31.1 Å². The summed E-state index contributed by atoms with van der Waals surface area (Å²) < 4.78 is 0. The summed E-state index contributed by atoms with van der Waals surface area (Å²) in [6.45, 7) is 3.46. The predicted molar refractivity (Wildman–Crippen MR) is 116 cm³/mol. The lowest BCUT2D eigenvalue weighted by atomic mass is 9.82. The number of hydrogen-bond acceptors (Lipinski definition) is 5. The van der Waals surface area contributed by atoms with E-state index in [0.717, 1.165) is 63.7 Å². The zero-order valence-electron chi connectivity index (χ0n) is 17.2. The van der Waals surface area contributed by atoms with E-state index < -0.39 is 5.54 Å². The first-order valence-electron chi connectivity index (χ1n) is 10.6. The minimum absolute atomic E-state index is 0.0185. The first-order valence-corrected chi connectivity index (χ1v) is 11.4. The number of amides is 2. The maximum Gasteiger partial charge on any atom is 0.264 e. The fraction of sp³-hybridized carbons (Fsp3) is 0.478. The second-order valence-electron chi connectivity index (χ2n) is 8.08. The maximum absolute atomic E-state index is 12.8. The van der Waals surface area contributed by atoms with Crippen molar-refractivity contribution < 1.29 is 9.59 Å². The number of carbonyl (C=O) groups excluding carboxylic acids is 2. The van der Waals surface area contributed by atoms with E-state index in [9.17, 15) is 9.59 Å². The summed E-state index contributed by atoms with van der Waals surface area (Å²) in [5.74, 6) is 6.44. The van der Waals surface area contributed by atoms with E-state index in [2.05, 4.69) is 27.1 Å². The van der Waals surface area contributed by atoms with Gasteiger partial charge in [-0.2, -0.15) is 0 Å². The molecule has 0 spiro atoms. The third kappa shape index (κ3) is 4.54. The normalized spacial score (nSPS) is 17.8. The Morgan fingerprint density at radius 2 is 1.90 bits per heavy atom. The standard InChI is InChI=1S/C23H26N4O2S/c1-17-20(30-16-25-17)21(28)26-23(8-3-2-4-9-23)10-7-18-13-19(15-24-14-18)22(29)27-11-5-6-12-27/h13-16H,2-6,8-9,11-12H2,1H3,(H,26,28). The second kappa shape index (κ2) is 8.97. The fourth-order valence-corrected chi connectivity index (χ4v) is 4.85. The predicted octanol–water partition coefficient (Wildman–Crippen LogP) is 3.57. The summed E-state index contributed by atoms with van der Waals surface area (Å²) in [4.78, 5) is 36.4. The third-order valence-corrected chi connectivity index (χ3v) is 6.76. The summed E-state index contributed by atoms with van der Waals surface area (Å²) >= 11 is 1.35. The van der Waals surface area contributed by atoms with Gasteiger partial charge in [-0.25, -0.2) is 4.98 Å². The van der Waals surface area contributed by atoms with Gasteiger partial charge in [0.2, 0.25) is 0 Å². The van der Waals surface area contributed by atoms with Crippen molar-refractivity contribution in [1.82, 2.24) is 20.2 Å². The maximum atomic E-state index is 12.8. The first kappa shape index (κ1) is 20.5. The van der Waals surface area contributed by atoms with Gasteiger partial charge in [-0.3, -0.25) is 14.6 Å². The summed E-state index contributed by atoms with van der Waals surface area (Å²) in [6.07, 6.45) is 10.3. The molecule has 0 bridgehead atoms. The van der Waals surface area contributed by atoms with E-state index in [4.69, 9.17) is 0 Å². The lowest BCUT2D eigenvalue weighted by molar-refractivity contribution is 0.0792. The Hall–Kier alpha value is -2.72. The Kier molecular flexibility index (Phi) is 6.14. The molecule has 7 heteroatoms. The molecular weight excluding hydrogens is 396 g/mol. The molecule has 0 radical (unpaired) electrons. The Labute approximate surface area is 181 Å². The van der Waals surface area contributed by atoms with Crippen LogP contribution in [0, 0.1) is 18.8 Å². The zero-order valence-corrected chi connectivity index (χ0v) is 18.1. The van der Waals surface area contributed by atoms with Crippen LogP contribution >= 0.6 is 11.3 Å². The number of aryl methyl sites for hydroxylation is 1. The fourth-order valence-electron chi connectivity index (χ4n) is 4.15. The molecule has 156 valence electrons. The van der Waals surface area contributed by atoms with Gasteiger partial charge in [-0.15, -0.1) is 11.3 Å². The van der Waals surface area contributed by atoms with Gasteiger partial charge in [0, 0.05) is 31.0 Å². The average Bonchev–Trinajstić information content (AvgIpc) is 3.45. The summed E-state index contributed by atoms with van der Waals surface area (Å²) in [5.41, 5.74) is 3.16. The van der Waals surface area contributed by atoms with Crippen molar-refractivity contribution in [2.45, 2.75) is 57.4 Å². The van der Waals surface area contributed by atoms with E-state index in [1.165, 1.54) is 11.3 Å². The summed E-state index contributed by atoms with van der Waals surface area (Å²) in [5, 5.41) is 3.19. The van der Waals surface area contributed by atoms with Crippen LogP contribution in [0.25, 0.3) is 0 Å². The highest BCUT2D eigenvalue weighted by Crippen LogP contribution is 2.29. The van der Waals surface area contributed by atoms with Crippen LogP contribution in [0.1, 0.15) is 76.2 Å². The topological polar surface area (TPSA) is 75.2 Å². The molecule has 1 saturated carbocycles. The van der Waals surface area contributed by atoms with Crippen molar-refractivity contribution in [3.05, 3.63) is 45.7 Å². The number of aromatic nitrogens is 2. The summed E-state index contributed by atoms with van der Waals surface area (Å²) in [7, 11) is 0. The number of pyridine rings is 1. The summed E-state index contributed by atoms with van der Waals surface area (Å²) in [6, 6.07) is 1.81. The molecule has 6 nitrogen and oxygen atoms in total. The minimum atomic E-state index is -0.555. The molecule has 2 aromatic rings. The molecule has 30 heavy (non-hydrogen) atoms. The van der Waals surface area contributed by atoms with Crippen LogP contribution in [0.15, 0.2) is 24.0 Å². The monoisotopic (exact) mass is 422 g/mol. The van der Waals surface area contributed by atoms with Crippen LogP contribution < -0.4 is 5.32 Å². The number of hydrogen-bond donors (Lipinski definition) is 1. The van der Waals surface area contributed by atoms with Crippen LogP contribution in [-0.2, 0) is 0 Å². The van der Waals surface area contributed by atoms with Gasteiger partial charge < -0.3 is 10.2 Å². The van der Waals surface area contributed by atoms with Gasteiger partial charge in [0.1, 0.15) is 10.4 Å². The molecule has 1 aliphatic carbocycles. The smallest absolute Gasteiger partial charge is 0.264 e. The van der Waals surface area contributed by atoms with Crippen LogP contribution in [0.3, 0.4) is 0 Å². The lowest BCUT2D eigenvalue weighted by Gasteiger charge is -2.33. The van der Waals surface area contributed by atoms with Crippen molar-refractivity contribution in [2.75, 3.05) is 13.1 Å². The van der Waals surface area contributed by atoms with E-state index >= 15 is 0 Å². The SMILES string of the molecule is Cc1ncsc1C(=O)NC1(C#Cc2cncc(C(=O)N3CCCC3)c2)CCCCC1. The highest BCUT2D eigenvalue weighted by Gasteiger charge is 2.33. The van der Waals surface area contributed by atoms with Gasteiger partial charge in [0.25, 0.3) is 11.8 Å². The molecule has 1 aliphatic heterocycles. The third-order valence-electron chi connectivity index (χ3n) is 5.84. The van der Waals surface area contributed by atoms with E-state index in [-0.39, 0.29) is 11.8 Å². The van der Waals surface area contributed by atoms with Gasteiger partial charge >= 0.3 is 0 Å². The molecule has 0 aromatic carbocycles. The van der Waals surface area contributed by atoms with Crippen molar-refractivity contribution in [1.29, 1.82) is 0 Å². The average molecular weight is 423 g/mol. The number of carbonyl (C=O) groups is 2. The Morgan fingerprint density at radius 3 is 2.60 bits per heavy atom. The van der Waals surface area contributed by atoms with E-state index in [0.29, 0.717) is 16.0 Å². The van der Waals surface area contributed by atoms with Crippen LogP contribution in [-0.4, -0.2) is 45.3 Å². The highest BCUT2D eigenvalue weighted by molar-refractivity contribution is 7.11.